The van der Waals surface area contributed by atoms with Gasteiger partial charge in [-0.2, -0.15) is 0 Å². The van der Waals surface area contributed by atoms with E-state index in [2.05, 4.69) is 15.3 Å². The number of pyridine rings is 2. The first-order chi connectivity index (χ1) is 9.06. The summed E-state index contributed by atoms with van der Waals surface area (Å²) < 4.78 is 0. The quantitative estimate of drug-likeness (QED) is 0.838. The Morgan fingerprint density at radius 3 is 2.26 bits per heavy atom. The second-order valence-electron chi connectivity index (χ2n) is 3.56. The summed E-state index contributed by atoms with van der Waals surface area (Å²) in [7, 11) is 0. The van der Waals surface area contributed by atoms with Crippen LogP contribution in [0.25, 0.3) is 0 Å². The van der Waals surface area contributed by atoms with Gasteiger partial charge in [-0.15, -0.1) is 0 Å². The van der Waals surface area contributed by atoms with Gasteiger partial charge in [0.2, 0.25) is 0 Å². The number of halogens is 1. The van der Waals surface area contributed by atoms with Crippen LogP contribution in [0.3, 0.4) is 0 Å². The number of nitrogens with one attached hydrogen (secondary N) is 1. The van der Waals surface area contributed by atoms with E-state index in [1.807, 2.05) is 0 Å². The van der Waals surface area contributed by atoms with Crippen molar-refractivity contribution < 1.29 is 14.7 Å². The van der Waals surface area contributed by atoms with Crippen LogP contribution >= 0.6 is 11.6 Å². The van der Waals surface area contributed by atoms with Crippen LogP contribution in [-0.4, -0.2) is 27.0 Å². The van der Waals surface area contributed by atoms with E-state index in [-0.39, 0.29) is 11.4 Å². The fourth-order valence-corrected chi connectivity index (χ4v) is 1.40. The Labute approximate surface area is 113 Å². The second kappa shape index (κ2) is 5.45. The molecule has 2 aromatic rings. The van der Waals surface area contributed by atoms with Crippen LogP contribution in [-0.2, 0) is 0 Å². The number of rotatable bonds is 3. The highest BCUT2D eigenvalue weighted by Crippen LogP contribution is 2.09. The topological polar surface area (TPSA) is 92.2 Å². The zero-order valence-electron chi connectivity index (χ0n) is 9.50. The van der Waals surface area contributed by atoms with E-state index in [0.29, 0.717) is 10.7 Å². The lowest BCUT2D eigenvalue weighted by Gasteiger charge is -2.04. The molecule has 0 fully saturated rings. The highest BCUT2D eigenvalue weighted by molar-refractivity contribution is 6.29. The molecular weight excluding hydrogens is 270 g/mol. The molecule has 1 amide bonds. The molecule has 2 N–H and O–H groups in total. The zero-order chi connectivity index (χ0) is 13.8. The van der Waals surface area contributed by atoms with Crippen LogP contribution in [0.15, 0.2) is 36.7 Å². The molecule has 0 aliphatic carbocycles. The summed E-state index contributed by atoms with van der Waals surface area (Å²) in [6, 6.07) is 5.78. The molecule has 0 spiro atoms. The first kappa shape index (κ1) is 13.0. The van der Waals surface area contributed by atoms with E-state index in [0.717, 1.165) is 6.20 Å². The van der Waals surface area contributed by atoms with Crippen molar-refractivity contribution in [3.63, 3.8) is 0 Å². The van der Waals surface area contributed by atoms with Gasteiger partial charge in [0.15, 0.2) is 0 Å². The first-order valence-electron chi connectivity index (χ1n) is 5.18. The van der Waals surface area contributed by atoms with Crippen molar-refractivity contribution in [2.75, 3.05) is 5.32 Å². The number of hydrogen-bond acceptors (Lipinski definition) is 4. The molecule has 2 aromatic heterocycles. The number of carboxylic acids is 1. The summed E-state index contributed by atoms with van der Waals surface area (Å²) in [5.41, 5.74) is 0.375. The third-order valence-electron chi connectivity index (χ3n) is 2.24. The number of amides is 1. The van der Waals surface area contributed by atoms with Crippen molar-refractivity contribution in [1.82, 2.24) is 9.97 Å². The largest absolute Gasteiger partial charge is 0.478 e. The van der Waals surface area contributed by atoms with Crippen molar-refractivity contribution in [2.24, 2.45) is 0 Å². The van der Waals surface area contributed by atoms with E-state index in [9.17, 15) is 9.59 Å². The SMILES string of the molecule is O=C(O)c1ccc(NC(=O)c2ccc(Cl)nc2)nc1. The fourth-order valence-electron chi connectivity index (χ4n) is 1.29. The van der Waals surface area contributed by atoms with E-state index < -0.39 is 11.9 Å². The van der Waals surface area contributed by atoms with Crippen molar-refractivity contribution in [3.8, 4) is 0 Å². The zero-order valence-corrected chi connectivity index (χ0v) is 10.3. The summed E-state index contributed by atoms with van der Waals surface area (Å²) in [5, 5.41) is 11.5. The highest BCUT2D eigenvalue weighted by atomic mass is 35.5. The molecule has 0 saturated carbocycles. The lowest BCUT2D eigenvalue weighted by Crippen LogP contribution is -2.13. The molecule has 7 heteroatoms. The minimum atomic E-state index is -1.08. The van der Waals surface area contributed by atoms with E-state index >= 15 is 0 Å². The Hall–Kier alpha value is -2.47. The lowest BCUT2D eigenvalue weighted by atomic mass is 10.2. The van der Waals surface area contributed by atoms with E-state index in [1.54, 1.807) is 0 Å². The molecule has 0 aliphatic heterocycles. The van der Waals surface area contributed by atoms with Crippen molar-refractivity contribution >= 4 is 29.3 Å². The minimum Gasteiger partial charge on any atom is -0.478 e. The van der Waals surface area contributed by atoms with Gasteiger partial charge in [-0.3, -0.25) is 4.79 Å². The summed E-state index contributed by atoms with van der Waals surface area (Å²) in [5.74, 6) is -1.23. The van der Waals surface area contributed by atoms with Crippen LogP contribution in [0.4, 0.5) is 5.82 Å². The monoisotopic (exact) mass is 277 g/mol. The summed E-state index contributed by atoms with van der Waals surface area (Å²) >= 11 is 5.61. The molecule has 0 saturated heterocycles. The minimum absolute atomic E-state index is 0.0474. The first-order valence-corrected chi connectivity index (χ1v) is 5.56. The molecule has 0 bridgehead atoms. The normalized spacial score (nSPS) is 9.95. The number of carbonyl (C=O) groups excluding carboxylic acids is 1. The Bertz CT molecular complexity index is 611. The molecular formula is C12H8ClN3O3. The number of nitrogens with zero attached hydrogens (tertiary/aromatic N) is 2. The van der Waals surface area contributed by atoms with E-state index in [4.69, 9.17) is 16.7 Å². The maximum atomic E-state index is 11.8. The van der Waals surface area contributed by atoms with E-state index in [1.165, 1.54) is 30.5 Å². The van der Waals surface area contributed by atoms with Gasteiger partial charge in [0.1, 0.15) is 11.0 Å². The van der Waals surface area contributed by atoms with Gasteiger partial charge in [0, 0.05) is 12.4 Å². The number of aromatic nitrogens is 2. The Balaban J connectivity index is 2.10. The van der Waals surface area contributed by atoms with Crippen LogP contribution in [0.2, 0.25) is 5.15 Å². The van der Waals surface area contributed by atoms with Crippen LogP contribution in [0.5, 0.6) is 0 Å². The van der Waals surface area contributed by atoms with Crippen LogP contribution in [0.1, 0.15) is 20.7 Å². The Kier molecular flexibility index (Phi) is 3.72. The molecule has 0 radical (unpaired) electrons. The van der Waals surface area contributed by atoms with Gasteiger partial charge in [-0.25, -0.2) is 14.8 Å². The molecule has 0 aliphatic rings. The van der Waals surface area contributed by atoms with Gasteiger partial charge in [0.05, 0.1) is 11.1 Å². The predicted molar refractivity (Wildman–Crippen MR) is 68.4 cm³/mol. The molecule has 2 heterocycles. The maximum Gasteiger partial charge on any atom is 0.337 e. The second-order valence-corrected chi connectivity index (χ2v) is 3.95. The highest BCUT2D eigenvalue weighted by Gasteiger charge is 2.08. The van der Waals surface area contributed by atoms with Crippen molar-refractivity contribution in [1.29, 1.82) is 0 Å². The average Bonchev–Trinajstić information content (AvgIpc) is 2.40. The maximum absolute atomic E-state index is 11.8. The Morgan fingerprint density at radius 2 is 1.74 bits per heavy atom. The van der Waals surface area contributed by atoms with Gasteiger partial charge in [0.25, 0.3) is 5.91 Å². The molecule has 0 atom stereocenters. The fraction of sp³-hybridized carbons (Fsp3) is 0. The molecule has 96 valence electrons. The van der Waals surface area contributed by atoms with Gasteiger partial charge in [-0.1, -0.05) is 11.6 Å². The number of carbonyl (C=O) groups is 2. The molecule has 19 heavy (non-hydrogen) atoms. The Morgan fingerprint density at radius 1 is 1.05 bits per heavy atom. The number of aromatic carboxylic acids is 1. The smallest absolute Gasteiger partial charge is 0.337 e. The van der Waals surface area contributed by atoms with Crippen LogP contribution in [0, 0.1) is 0 Å². The summed E-state index contributed by atoms with van der Waals surface area (Å²) in [6.45, 7) is 0. The predicted octanol–water partition coefficient (Wildman–Crippen LogP) is 2.08. The van der Waals surface area contributed by atoms with Crippen LogP contribution < -0.4 is 5.32 Å². The van der Waals surface area contributed by atoms with Gasteiger partial charge >= 0.3 is 5.97 Å². The number of anilines is 1. The molecule has 0 aromatic carbocycles. The molecule has 0 unspecified atom stereocenters. The van der Waals surface area contributed by atoms with Crippen molar-refractivity contribution in [2.45, 2.75) is 0 Å². The number of carboxylic acid groups (broad SMARTS) is 1. The number of hydrogen-bond donors (Lipinski definition) is 2. The summed E-state index contributed by atoms with van der Waals surface area (Å²) in [4.78, 5) is 30.0. The third kappa shape index (κ3) is 3.26. The lowest BCUT2D eigenvalue weighted by molar-refractivity contribution is 0.0696. The standard InChI is InChI=1S/C12H8ClN3O3/c13-9-3-1-7(5-14-9)11(17)16-10-4-2-8(6-15-10)12(18)19/h1-6H,(H,18,19)(H,15,16,17). The van der Waals surface area contributed by atoms with Gasteiger partial charge < -0.3 is 10.4 Å². The molecule has 2 rings (SSSR count). The van der Waals surface area contributed by atoms with Crippen molar-refractivity contribution in [3.05, 3.63) is 52.9 Å². The van der Waals surface area contributed by atoms with Gasteiger partial charge in [-0.05, 0) is 24.3 Å². The average molecular weight is 278 g/mol. The molecule has 6 nitrogen and oxygen atoms in total. The summed E-state index contributed by atoms with van der Waals surface area (Å²) in [6.07, 6.45) is 2.50. The third-order valence-corrected chi connectivity index (χ3v) is 2.47.